The van der Waals surface area contributed by atoms with Gasteiger partial charge in [-0.25, -0.2) is 9.07 Å². The molecule has 0 saturated carbocycles. The fraction of sp³-hybridized carbons (Fsp3) is 0.320. The molecule has 42 heavy (non-hydrogen) atoms. The molecule has 0 aliphatic heterocycles. The monoisotopic (exact) mass is 624 g/mol. The molecule has 0 aliphatic rings. The smallest absolute Gasteiger partial charge is 0.406 e. The number of carbonyl (C=O) groups is 2. The SMILES string of the molecule is CSc1ccnc(CNC(=O)c2cn(CC(F)CCc3nnc(NC(=O)Cc4cccc(OC(F)(F)F)c4)s3)nn2)c1. The van der Waals surface area contributed by atoms with Crippen LogP contribution in [0.25, 0.3) is 0 Å². The quantitative estimate of drug-likeness (QED) is 0.165. The van der Waals surface area contributed by atoms with Crippen molar-refractivity contribution < 1.29 is 31.9 Å². The van der Waals surface area contributed by atoms with Gasteiger partial charge in [0.15, 0.2) is 5.69 Å². The zero-order valence-corrected chi connectivity index (χ0v) is 23.6. The average molecular weight is 625 g/mol. The summed E-state index contributed by atoms with van der Waals surface area (Å²) in [5.41, 5.74) is 1.05. The largest absolute Gasteiger partial charge is 0.573 e. The summed E-state index contributed by atoms with van der Waals surface area (Å²) in [5, 5.41) is 21.3. The van der Waals surface area contributed by atoms with Crippen LogP contribution in [0.3, 0.4) is 0 Å². The number of alkyl halides is 4. The van der Waals surface area contributed by atoms with E-state index in [1.54, 1.807) is 18.0 Å². The van der Waals surface area contributed by atoms with E-state index in [0.717, 1.165) is 28.4 Å². The molecule has 2 amide bonds. The summed E-state index contributed by atoms with van der Waals surface area (Å²) >= 11 is 2.62. The number of aryl methyl sites for hydroxylation is 1. The number of rotatable bonds is 13. The summed E-state index contributed by atoms with van der Waals surface area (Å²) in [6, 6.07) is 8.82. The van der Waals surface area contributed by atoms with Crippen molar-refractivity contribution in [3.05, 3.63) is 70.8 Å². The Labute approximate surface area is 245 Å². The van der Waals surface area contributed by atoms with Crippen LogP contribution in [0, 0.1) is 0 Å². The second-order valence-electron chi connectivity index (χ2n) is 8.75. The summed E-state index contributed by atoms with van der Waals surface area (Å²) in [6.07, 6.45) is -1.11. The minimum absolute atomic E-state index is 0.0485. The fourth-order valence-corrected chi connectivity index (χ4v) is 4.84. The van der Waals surface area contributed by atoms with E-state index < -0.39 is 30.1 Å². The molecule has 11 nitrogen and oxygen atoms in total. The normalized spacial score (nSPS) is 12.1. The van der Waals surface area contributed by atoms with Crippen molar-refractivity contribution in [3.63, 3.8) is 0 Å². The van der Waals surface area contributed by atoms with Gasteiger partial charge in [0.05, 0.1) is 31.4 Å². The molecule has 1 aromatic carbocycles. The number of pyridine rings is 1. The van der Waals surface area contributed by atoms with Gasteiger partial charge in [-0.15, -0.1) is 40.2 Å². The second kappa shape index (κ2) is 14.2. The van der Waals surface area contributed by atoms with Crippen LogP contribution < -0.4 is 15.4 Å². The van der Waals surface area contributed by atoms with Gasteiger partial charge in [-0.05, 0) is 42.5 Å². The topological polar surface area (TPSA) is 137 Å². The lowest BCUT2D eigenvalue weighted by Gasteiger charge is -2.09. The van der Waals surface area contributed by atoms with E-state index in [0.29, 0.717) is 16.3 Å². The molecule has 1 unspecified atom stereocenters. The molecule has 3 heterocycles. The predicted octanol–water partition coefficient (Wildman–Crippen LogP) is 4.23. The number of halogens is 4. The lowest BCUT2D eigenvalue weighted by molar-refractivity contribution is -0.274. The van der Waals surface area contributed by atoms with Crippen LogP contribution in [-0.4, -0.2) is 60.8 Å². The number of anilines is 1. The van der Waals surface area contributed by atoms with E-state index in [2.05, 4.69) is 40.9 Å². The maximum absolute atomic E-state index is 14.6. The molecule has 0 aliphatic carbocycles. The van der Waals surface area contributed by atoms with Gasteiger partial charge >= 0.3 is 6.36 Å². The van der Waals surface area contributed by atoms with E-state index in [1.807, 2.05) is 18.4 Å². The van der Waals surface area contributed by atoms with Crippen LogP contribution in [0.4, 0.5) is 22.7 Å². The molecule has 4 rings (SSSR count). The maximum Gasteiger partial charge on any atom is 0.573 e. The van der Waals surface area contributed by atoms with Crippen molar-refractivity contribution in [1.29, 1.82) is 0 Å². The first kappa shape index (κ1) is 30.8. The first-order chi connectivity index (χ1) is 20.1. The molecule has 3 aromatic heterocycles. The van der Waals surface area contributed by atoms with Crippen molar-refractivity contribution >= 4 is 40.0 Å². The molecule has 0 saturated heterocycles. The maximum atomic E-state index is 14.6. The Morgan fingerprint density at radius 1 is 1.17 bits per heavy atom. The highest BCUT2D eigenvalue weighted by Gasteiger charge is 2.31. The molecule has 0 bridgehead atoms. The van der Waals surface area contributed by atoms with Gasteiger partial charge < -0.3 is 15.4 Å². The third kappa shape index (κ3) is 9.76. The second-order valence-corrected chi connectivity index (χ2v) is 10.7. The first-order valence-corrected chi connectivity index (χ1v) is 14.4. The van der Waals surface area contributed by atoms with Crippen LogP contribution in [0.1, 0.15) is 33.2 Å². The summed E-state index contributed by atoms with van der Waals surface area (Å²) in [6.45, 7) is 0.0807. The molecule has 4 aromatic rings. The highest BCUT2D eigenvalue weighted by atomic mass is 32.2. The van der Waals surface area contributed by atoms with E-state index in [9.17, 15) is 27.2 Å². The first-order valence-electron chi connectivity index (χ1n) is 12.3. The Morgan fingerprint density at radius 2 is 2.00 bits per heavy atom. The van der Waals surface area contributed by atoms with Crippen molar-refractivity contribution in [1.82, 2.24) is 35.5 Å². The molecular weight excluding hydrogens is 600 g/mol. The Balaban J connectivity index is 1.20. The fourth-order valence-electron chi connectivity index (χ4n) is 3.61. The number of ether oxygens (including phenoxy) is 1. The van der Waals surface area contributed by atoms with Crippen molar-refractivity contribution in [3.8, 4) is 5.75 Å². The number of amides is 2. The summed E-state index contributed by atoms with van der Waals surface area (Å²) < 4.78 is 57.0. The summed E-state index contributed by atoms with van der Waals surface area (Å²) in [7, 11) is 0. The molecule has 1 atom stereocenters. The van der Waals surface area contributed by atoms with Crippen molar-refractivity contribution in [2.24, 2.45) is 0 Å². The molecule has 0 radical (unpaired) electrons. The highest BCUT2D eigenvalue weighted by molar-refractivity contribution is 7.98. The van der Waals surface area contributed by atoms with Gasteiger partial charge in [0.25, 0.3) is 5.91 Å². The van der Waals surface area contributed by atoms with Gasteiger partial charge in [-0.2, -0.15) is 0 Å². The number of hydrogen-bond acceptors (Lipinski definition) is 10. The number of nitrogens with one attached hydrogen (secondary N) is 2. The van der Waals surface area contributed by atoms with E-state index in [-0.39, 0.29) is 43.2 Å². The van der Waals surface area contributed by atoms with Gasteiger partial charge in [-0.1, -0.05) is 28.7 Å². The molecule has 0 spiro atoms. The number of nitrogens with zero attached hydrogens (tertiary/aromatic N) is 6. The molecular formula is C25H24F4N8O3S2. The van der Waals surface area contributed by atoms with E-state index >= 15 is 0 Å². The van der Waals surface area contributed by atoms with Crippen LogP contribution in [0.5, 0.6) is 5.75 Å². The Kier molecular flexibility index (Phi) is 10.4. The molecule has 2 N–H and O–H groups in total. The Morgan fingerprint density at radius 3 is 2.79 bits per heavy atom. The number of benzene rings is 1. The lowest BCUT2D eigenvalue weighted by Crippen LogP contribution is -2.23. The number of aromatic nitrogens is 6. The van der Waals surface area contributed by atoms with Crippen LogP contribution in [0.15, 0.2) is 53.7 Å². The number of carbonyl (C=O) groups excluding carboxylic acids is 2. The molecule has 222 valence electrons. The van der Waals surface area contributed by atoms with Gasteiger partial charge in [-0.3, -0.25) is 14.6 Å². The molecule has 0 fully saturated rings. The lowest BCUT2D eigenvalue weighted by atomic mass is 10.1. The summed E-state index contributed by atoms with van der Waals surface area (Å²) in [5.74, 6) is -1.40. The zero-order valence-electron chi connectivity index (χ0n) is 22.0. The predicted molar refractivity (Wildman–Crippen MR) is 146 cm³/mol. The van der Waals surface area contributed by atoms with E-state index in [1.165, 1.54) is 23.0 Å². The van der Waals surface area contributed by atoms with Gasteiger partial charge in [0.1, 0.15) is 16.9 Å². The Bertz CT molecular complexity index is 1510. The standard InChI is InChI=1S/C25H24F4N8O3S2/c1-41-19-7-8-30-17(11-19)12-31-23(39)20-14-37(36-33-20)13-16(26)5-6-22-34-35-24(42-22)32-21(38)10-15-3-2-4-18(9-15)40-25(27,28)29/h2-4,7-9,11,14,16H,5-6,10,12-13H2,1H3,(H,31,39)(H,32,35,38). The average Bonchev–Trinajstić information content (AvgIpc) is 3.59. The van der Waals surface area contributed by atoms with Crippen LogP contribution in [0.2, 0.25) is 0 Å². The molecule has 17 heteroatoms. The van der Waals surface area contributed by atoms with Crippen molar-refractivity contribution in [2.75, 3.05) is 11.6 Å². The number of thioether (sulfide) groups is 1. The minimum atomic E-state index is -4.84. The van der Waals surface area contributed by atoms with E-state index in [4.69, 9.17) is 0 Å². The summed E-state index contributed by atoms with van der Waals surface area (Å²) in [4.78, 5) is 29.9. The van der Waals surface area contributed by atoms with Crippen LogP contribution >= 0.6 is 23.1 Å². The highest BCUT2D eigenvalue weighted by Crippen LogP contribution is 2.24. The van der Waals surface area contributed by atoms with Gasteiger partial charge in [0, 0.05) is 17.5 Å². The number of hydrogen-bond donors (Lipinski definition) is 2. The minimum Gasteiger partial charge on any atom is -0.406 e. The third-order valence-corrected chi connectivity index (χ3v) is 7.12. The zero-order chi connectivity index (χ0) is 30.1. The van der Waals surface area contributed by atoms with Crippen LogP contribution in [-0.2, 0) is 30.7 Å². The third-order valence-electron chi connectivity index (χ3n) is 5.49. The van der Waals surface area contributed by atoms with Gasteiger partial charge in [0.2, 0.25) is 11.0 Å². The van der Waals surface area contributed by atoms with Crippen molar-refractivity contribution in [2.45, 2.75) is 49.8 Å². The Hall–Kier alpha value is -4.12.